The summed E-state index contributed by atoms with van der Waals surface area (Å²) in [6.07, 6.45) is 7.04. The summed E-state index contributed by atoms with van der Waals surface area (Å²) < 4.78 is 14.0. The summed E-state index contributed by atoms with van der Waals surface area (Å²) in [7, 11) is 0. The Kier molecular flexibility index (Phi) is 5.55. The SMILES string of the molecule is O=C(/C=C/c1cnc(N[C@]2(Cc3ccccc3F)CCNC2)cn1)NO. The summed E-state index contributed by atoms with van der Waals surface area (Å²) in [5, 5.41) is 15.2. The lowest BCUT2D eigenvalue weighted by molar-refractivity contribution is -0.124. The van der Waals surface area contributed by atoms with E-state index >= 15 is 0 Å². The Bertz CT molecular complexity index is 788. The van der Waals surface area contributed by atoms with Crippen molar-refractivity contribution in [1.29, 1.82) is 0 Å². The van der Waals surface area contributed by atoms with Gasteiger partial charge >= 0.3 is 0 Å². The smallest absolute Gasteiger partial charge is 0.267 e. The molecule has 0 aliphatic carbocycles. The van der Waals surface area contributed by atoms with Crippen LogP contribution in [0, 0.1) is 5.82 Å². The number of halogens is 1. The van der Waals surface area contributed by atoms with Crippen molar-refractivity contribution in [3.8, 4) is 0 Å². The summed E-state index contributed by atoms with van der Waals surface area (Å²) >= 11 is 0. The van der Waals surface area contributed by atoms with Gasteiger partial charge < -0.3 is 10.6 Å². The molecule has 0 spiro atoms. The fourth-order valence-electron chi connectivity index (χ4n) is 3.01. The van der Waals surface area contributed by atoms with Crippen LogP contribution in [0.25, 0.3) is 6.08 Å². The molecule has 2 heterocycles. The van der Waals surface area contributed by atoms with Crippen molar-refractivity contribution in [1.82, 2.24) is 20.8 Å². The van der Waals surface area contributed by atoms with Gasteiger partial charge in [0.2, 0.25) is 0 Å². The third-order valence-electron chi connectivity index (χ3n) is 4.31. The van der Waals surface area contributed by atoms with E-state index in [-0.39, 0.29) is 11.4 Å². The Morgan fingerprint density at radius 2 is 2.19 bits per heavy atom. The number of hydrogen-bond donors (Lipinski definition) is 4. The van der Waals surface area contributed by atoms with E-state index in [9.17, 15) is 9.18 Å². The highest BCUT2D eigenvalue weighted by Crippen LogP contribution is 2.26. The summed E-state index contributed by atoms with van der Waals surface area (Å²) in [5.41, 5.74) is 2.30. The van der Waals surface area contributed by atoms with E-state index in [4.69, 9.17) is 5.21 Å². The van der Waals surface area contributed by atoms with E-state index in [1.54, 1.807) is 18.3 Å². The number of rotatable bonds is 6. The quantitative estimate of drug-likeness (QED) is 0.355. The Labute approximate surface area is 150 Å². The van der Waals surface area contributed by atoms with Crippen LogP contribution < -0.4 is 16.1 Å². The Morgan fingerprint density at radius 3 is 2.85 bits per heavy atom. The van der Waals surface area contributed by atoms with Gasteiger partial charge in [0.1, 0.15) is 11.6 Å². The first-order valence-electron chi connectivity index (χ1n) is 8.27. The molecule has 8 heteroatoms. The first-order chi connectivity index (χ1) is 12.6. The van der Waals surface area contributed by atoms with Crippen molar-refractivity contribution >= 4 is 17.8 Å². The number of hydroxylamine groups is 1. The van der Waals surface area contributed by atoms with Crippen LogP contribution in [-0.2, 0) is 11.2 Å². The second-order valence-corrected chi connectivity index (χ2v) is 6.24. The van der Waals surface area contributed by atoms with Gasteiger partial charge in [0, 0.05) is 12.6 Å². The van der Waals surface area contributed by atoms with Gasteiger partial charge in [0.15, 0.2) is 0 Å². The normalized spacial score (nSPS) is 19.6. The van der Waals surface area contributed by atoms with Gasteiger partial charge in [0.25, 0.3) is 5.91 Å². The molecule has 1 amide bonds. The lowest BCUT2D eigenvalue weighted by Crippen LogP contribution is -2.43. The Balaban J connectivity index is 1.73. The van der Waals surface area contributed by atoms with Crippen molar-refractivity contribution in [2.45, 2.75) is 18.4 Å². The fourth-order valence-corrected chi connectivity index (χ4v) is 3.01. The number of carbonyl (C=O) groups is 1. The number of nitrogens with one attached hydrogen (secondary N) is 3. The predicted octanol–water partition coefficient (Wildman–Crippen LogP) is 1.52. The predicted molar refractivity (Wildman–Crippen MR) is 94.9 cm³/mol. The lowest BCUT2D eigenvalue weighted by atomic mass is 9.89. The van der Waals surface area contributed by atoms with Gasteiger partial charge in [-0.15, -0.1) is 0 Å². The maximum absolute atomic E-state index is 14.0. The highest BCUT2D eigenvalue weighted by molar-refractivity contribution is 5.90. The lowest BCUT2D eigenvalue weighted by Gasteiger charge is -2.30. The summed E-state index contributed by atoms with van der Waals surface area (Å²) in [5.74, 6) is -0.280. The maximum atomic E-state index is 14.0. The molecule has 1 atom stereocenters. The van der Waals surface area contributed by atoms with Crippen LogP contribution in [0.4, 0.5) is 10.2 Å². The van der Waals surface area contributed by atoms with Crippen molar-refractivity contribution in [3.63, 3.8) is 0 Å². The molecule has 7 nitrogen and oxygen atoms in total. The monoisotopic (exact) mass is 357 g/mol. The van der Waals surface area contributed by atoms with E-state index in [1.807, 2.05) is 6.07 Å². The minimum absolute atomic E-state index is 0.214. The number of carbonyl (C=O) groups excluding carboxylic acids is 1. The van der Waals surface area contributed by atoms with Crippen LogP contribution in [0.1, 0.15) is 17.7 Å². The standard InChI is InChI=1S/C18H20FN5O2/c19-15-4-2-1-3-13(15)9-18(7-8-20-12-18)23-16-11-21-14(10-22-16)5-6-17(25)24-26/h1-6,10-11,20,26H,7-9,12H2,(H,22,23)(H,24,25)/b6-5+/t18-/m0/s1. The zero-order valence-corrected chi connectivity index (χ0v) is 14.1. The van der Waals surface area contributed by atoms with E-state index in [1.165, 1.54) is 23.8 Å². The molecule has 1 aliphatic rings. The molecular weight excluding hydrogens is 337 g/mol. The minimum Gasteiger partial charge on any atom is -0.362 e. The minimum atomic E-state index is -0.644. The molecule has 1 aromatic carbocycles. The number of nitrogens with zero attached hydrogens (tertiary/aromatic N) is 2. The van der Waals surface area contributed by atoms with Gasteiger partial charge in [-0.05, 0) is 37.1 Å². The molecule has 26 heavy (non-hydrogen) atoms. The molecule has 1 saturated heterocycles. The average molecular weight is 357 g/mol. The highest BCUT2D eigenvalue weighted by atomic mass is 19.1. The average Bonchev–Trinajstić information content (AvgIpc) is 3.11. The number of amides is 1. The molecule has 1 aromatic heterocycles. The zero-order valence-electron chi connectivity index (χ0n) is 14.1. The third-order valence-corrected chi connectivity index (χ3v) is 4.31. The Hall–Kier alpha value is -2.84. The van der Waals surface area contributed by atoms with E-state index in [0.717, 1.165) is 19.0 Å². The molecule has 0 radical (unpaired) electrons. The summed E-state index contributed by atoms with van der Waals surface area (Å²) in [6, 6.07) is 6.77. The molecule has 4 N–H and O–H groups in total. The second-order valence-electron chi connectivity index (χ2n) is 6.24. The van der Waals surface area contributed by atoms with E-state index < -0.39 is 5.91 Å². The fraction of sp³-hybridized carbons (Fsp3) is 0.278. The number of hydrogen-bond acceptors (Lipinski definition) is 6. The van der Waals surface area contributed by atoms with Crippen LogP contribution in [0.15, 0.2) is 42.7 Å². The van der Waals surface area contributed by atoms with Gasteiger partial charge in [0.05, 0.1) is 23.6 Å². The van der Waals surface area contributed by atoms with E-state index in [2.05, 4.69) is 20.6 Å². The first-order valence-corrected chi connectivity index (χ1v) is 8.27. The largest absolute Gasteiger partial charge is 0.362 e. The molecule has 3 rings (SSSR count). The maximum Gasteiger partial charge on any atom is 0.267 e. The first kappa shape index (κ1) is 18.0. The summed E-state index contributed by atoms with van der Waals surface area (Å²) in [6.45, 7) is 1.54. The van der Waals surface area contributed by atoms with Gasteiger partial charge in [-0.1, -0.05) is 18.2 Å². The molecule has 1 fully saturated rings. The van der Waals surface area contributed by atoms with Crippen LogP contribution in [-0.4, -0.2) is 39.7 Å². The third kappa shape index (κ3) is 4.41. The van der Waals surface area contributed by atoms with Crippen LogP contribution in [0.5, 0.6) is 0 Å². The van der Waals surface area contributed by atoms with Gasteiger partial charge in [-0.2, -0.15) is 0 Å². The molecule has 0 unspecified atom stereocenters. The van der Waals surface area contributed by atoms with Gasteiger partial charge in [-0.25, -0.2) is 14.9 Å². The second kappa shape index (κ2) is 8.03. The van der Waals surface area contributed by atoms with Crippen molar-refractivity contribution in [2.24, 2.45) is 0 Å². The van der Waals surface area contributed by atoms with Crippen molar-refractivity contribution in [2.75, 3.05) is 18.4 Å². The molecule has 2 aromatic rings. The van der Waals surface area contributed by atoms with Crippen molar-refractivity contribution < 1.29 is 14.4 Å². The molecule has 0 bridgehead atoms. The summed E-state index contributed by atoms with van der Waals surface area (Å²) in [4.78, 5) is 19.5. The topological polar surface area (TPSA) is 99.2 Å². The van der Waals surface area contributed by atoms with Crippen LogP contribution in [0.2, 0.25) is 0 Å². The van der Waals surface area contributed by atoms with E-state index in [0.29, 0.717) is 30.0 Å². The van der Waals surface area contributed by atoms with Crippen LogP contribution in [0.3, 0.4) is 0 Å². The number of aromatic nitrogens is 2. The van der Waals surface area contributed by atoms with Crippen molar-refractivity contribution in [3.05, 3.63) is 59.8 Å². The highest BCUT2D eigenvalue weighted by Gasteiger charge is 2.35. The van der Waals surface area contributed by atoms with Crippen LogP contribution >= 0.6 is 0 Å². The molecular formula is C18H20FN5O2. The van der Waals surface area contributed by atoms with Gasteiger partial charge in [-0.3, -0.25) is 15.0 Å². The molecule has 0 saturated carbocycles. The number of benzene rings is 1. The zero-order chi connectivity index (χ0) is 18.4. The number of anilines is 1. The molecule has 136 valence electrons. The molecule has 1 aliphatic heterocycles. The Morgan fingerprint density at radius 1 is 1.35 bits per heavy atom.